The quantitative estimate of drug-likeness (QED) is 0.0198. The van der Waals surface area contributed by atoms with E-state index in [0.717, 1.165) is 70.6 Å². The smallest absolute Gasteiger partial charge is 0.306 e. The fourth-order valence-electron chi connectivity index (χ4n) is 5.94. The molecule has 61 heavy (non-hydrogen) atoms. The summed E-state index contributed by atoms with van der Waals surface area (Å²) >= 11 is 0. The van der Waals surface area contributed by atoms with Crippen molar-refractivity contribution in [3.8, 4) is 0 Å². The van der Waals surface area contributed by atoms with Crippen molar-refractivity contribution in [2.75, 3.05) is 54.1 Å². The maximum atomic E-state index is 12.7. The maximum absolute atomic E-state index is 12.7. The van der Waals surface area contributed by atoms with Crippen LogP contribution >= 0.6 is 7.82 Å². The second-order valence-corrected chi connectivity index (χ2v) is 18.1. The number of phosphoric acid groups is 1. The van der Waals surface area contributed by atoms with Crippen LogP contribution < -0.4 is 4.89 Å². The second kappa shape index (κ2) is 44.0. The van der Waals surface area contributed by atoms with E-state index in [0.29, 0.717) is 24.1 Å². The van der Waals surface area contributed by atoms with Crippen LogP contribution in [0.1, 0.15) is 168 Å². The Hall–Kier alpha value is -2.58. The van der Waals surface area contributed by atoms with Crippen molar-refractivity contribution in [1.29, 1.82) is 0 Å². The third-order valence-electron chi connectivity index (χ3n) is 9.62. The van der Waals surface area contributed by atoms with E-state index in [1.165, 1.54) is 70.6 Å². The number of carbonyl (C=O) groups excluding carboxylic acids is 1. The van der Waals surface area contributed by atoms with E-state index in [9.17, 15) is 14.3 Å². The topological polar surface area (TPSA) is 94.1 Å². The first kappa shape index (κ1) is 58.4. The molecule has 2 unspecified atom stereocenters. The number of rotatable bonds is 43. The van der Waals surface area contributed by atoms with Gasteiger partial charge >= 0.3 is 5.97 Å². The van der Waals surface area contributed by atoms with E-state index >= 15 is 0 Å². The minimum absolute atomic E-state index is 0.00873. The third-order valence-corrected chi connectivity index (χ3v) is 10.6. The Morgan fingerprint density at radius 1 is 0.525 bits per heavy atom. The SMILES string of the molecule is CC/C=C\C/C=C\C/C=C\C/C=C\C/C=C\C/C=C\C/C=C\CCCC(=O)OC(COCCCCCCCC/C=C\CCCCCCCC)COP(=O)([O-])OCC[N+](C)(C)C. The van der Waals surface area contributed by atoms with Crippen LogP contribution in [0.2, 0.25) is 0 Å². The predicted octanol–water partition coefficient (Wildman–Crippen LogP) is 14.0. The van der Waals surface area contributed by atoms with Crippen LogP contribution in [-0.4, -0.2) is 70.7 Å². The number of esters is 1. The van der Waals surface area contributed by atoms with E-state index in [2.05, 4.69) is 111 Å². The molecule has 0 bridgehead atoms. The van der Waals surface area contributed by atoms with Gasteiger partial charge in [-0.25, -0.2) is 0 Å². The van der Waals surface area contributed by atoms with Crippen molar-refractivity contribution in [3.63, 3.8) is 0 Å². The van der Waals surface area contributed by atoms with Crippen LogP contribution in [0.3, 0.4) is 0 Å². The van der Waals surface area contributed by atoms with E-state index in [1.807, 2.05) is 21.1 Å². The molecule has 0 N–H and O–H groups in total. The summed E-state index contributed by atoms with van der Waals surface area (Å²) in [7, 11) is 1.30. The van der Waals surface area contributed by atoms with Crippen LogP contribution in [0.15, 0.2) is 97.2 Å². The van der Waals surface area contributed by atoms with E-state index in [4.69, 9.17) is 18.5 Å². The molecule has 0 spiro atoms. The molecule has 0 fully saturated rings. The molecule has 0 rings (SSSR count). The lowest BCUT2D eigenvalue weighted by molar-refractivity contribution is -0.870. The molecule has 0 heterocycles. The molecule has 8 nitrogen and oxygen atoms in total. The van der Waals surface area contributed by atoms with Crippen molar-refractivity contribution in [3.05, 3.63) is 97.2 Å². The number of phosphoric ester groups is 1. The first-order valence-electron chi connectivity index (χ1n) is 24.0. The molecule has 0 radical (unpaired) electrons. The minimum Gasteiger partial charge on any atom is -0.756 e. The largest absolute Gasteiger partial charge is 0.756 e. The summed E-state index contributed by atoms with van der Waals surface area (Å²) in [5.41, 5.74) is 0. The van der Waals surface area contributed by atoms with Gasteiger partial charge < -0.3 is 27.9 Å². The summed E-state index contributed by atoms with van der Waals surface area (Å²) in [6.07, 6.45) is 60.0. The van der Waals surface area contributed by atoms with Gasteiger partial charge in [0.05, 0.1) is 34.4 Å². The van der Waals surface area contributed by atoms with Gasteiger partial charge in [0.1, 0.15) is 19.3 Å². The van der Waals surface area contributed by atoms with Crippen molar-refractivity contribution in [2.24, 2.45) is 0 Å². The van der Waals surface area contributed by atoms with E-state index < -0.39 is 19.9 Å². The second-order valence-electron chi connectivity index (χ2n) is 16.7. The van der Waals surface area contributed by atoms with Crippen molar-refractivity contribution in [2.45, 2.75) is 174 Å². The van der Waals surface area contributed by atoms with Crippen LogP contribution in [0.5, 0.6) is 0 Å². The zero-order chi connectivity index (χ0) is 44.8. The standard InChI is InChI=1S/C52H90NO7P/c1-6-8-10-12-14-16-18-20-22-24-25-26-27-28-29-30-31-33-35-37-39-41-43-45-52(54)60-51(50-59-61(55,56)58-48-46-53(3,4)5)49-57-47-44-42-40-38-36-34-32-23-21-19-17-15-13-11-9-7-2/h8,10,14,16,20-23,25-26,28-29,31,33,37,39,51H,6-7,9,11-13,15,17-19,24,27,30,32,34-36,38,40-50H2,1-5H3/b10-8-,16-14-,22-20-,23-21-,26-25-,29-28-,33-31-,39-37-. The summed E-state index contributed by atoms with van der Waals surface area (Å²) in [4.78, 5) is 25.1. The number of likely N-dealkylation sites (N-methyl/N-ethyl adjacent to an activating group) is 1. The molecule has 0 amide bonds. The van der Waals surface area contributed by atoms with Gasteiger partial charge in [0, 0.05) is 13.0 Å². The molecular weight excluding hydrogens is 782 g/mol. The molecule has 0 saturated carbocycles. The van der Waals surface area contributed by atoms with Gasteiger partial charge in [-0.05, 0) is 89.9 Å². The maximum Gasteiger partial charge on any atom is 0.306 e. The summed E-state index contributed by atoms with van der Waals surface area (Å²) in [5.74, 6) is -0.397. The number of quaternary nitrogens is 1. The average molecular weight is 872 g/mol. The number of ether oxygens (including phenoxy) is 2. The lowest BCUT2D eigenvalue weighted by Gasteiger charge is -2.28. The number of unbranched alkanes of at least 4 members (excludes halogenated alkanes) is 13. The molecule has 0 aliphatic carbocycles. The predicted molar refractivity (Wildman–Crippen MR) is 258 cm³/mol. The number of hydrogen-bond donors (Lipinski definition) is 0. The van der Waals surface area contributed by atoms with Gasteiger partial charge in [0.15, 0.2) is 0 Å². The monoisotopic (exact) mass is 872 g/mol. The van der Waals surface area contributed by atoms with Crippen LogP contribution in [0, 0.1) is 0 Å². The van der Waals surface area contributed by atoms with Gasteiger partial charge in [-0.1, -0.05) is 169 Å². The molecule has 0 aromatic rings. The van der Waals surface area contributed by atoms with Crippen molar-refractivity contribution >= 4 is 13.8 Å². The highest BCUT2D eigenvalue weighted by Crippen LogP contribution is 2.38. The highest BCUT2D eigenvalue weighted by atomic mass is 31.2. The number of allylic oxidation sites excluding steroid dienone is 16. The third kappa shape index (κ3) is 48.3. The van der Waals surface area contributed by atoms with Crippen molar-refractivity contribution < 1.29 is 37.3 Å². The molecule has 350 valence electrons. The highest BCUT2D eigenvalue weighted by molar-refractivity contribution is 7.45. The molecule has 0 aliphatic rings. The number of carbonyl (C=O) groups is 1. The van der Waals surface area contributed by atoms with Gasteiger partial charge in [0.2, 0.25) is 0 Å². The fraction of sp³-hybridized carbons (Fsp3) is 0.673. The zero-order valence-electron chi connectivity index (χ0n) is 39.6. The zero-order valence-corrected chi connectivity index (χ0v) is 40.5. The van der Waals surface area contributed by atoms with Crippen LogP contribution in [-0.2, 0) is 27.9 Å². The molecule has 2 atom stereocenters. The van der Waals surface area contributed by atoms with Crippen molar-refractivity contribution in [1.82, 2.24) is 0 Å². The number of nitrogens with zero attached hydrogens (tertiary/aromatic N) is 1. The van der Waals surface area contributed by atoms with E-state index in [-0.39, 0.29) is 26.2 Å². The number of hydrogen-bond acceptors (Lipinski definition) is 7. The Balaban J connectivity index is 4.34. The first-order chi connectivity index (χ1) is 29.6. The summed E-state index contributed by atoms with van der Waals surface area (Å²) in [6.45, 7) is 5.18. The Labute approximate surface area is 375 Å². The molecule has 0 aromatic heterocycles. The van der Waals surface area contributed by atoms with Gasteiger partial charge in [-0.3, -0.25) is 9.36 Å². The highest BCUT2D eigenvalue weighted by Gasteiger charge is 2.20. The Kier molecular flexibility index (Phi) is 42.2. The summed E-state index contributed by atoms with van der Waals surface area (Å²) in [5, 5.41) is 0. The molecule has 0 aliphatic heterocycles. The van der Waals surface area contributed by atoms with Crippen LogP contribution in [0.4, 0.5) is 0 Å². The fourth-order valence-corrected chi connectivity index (χ4v) is 6.67. The first-order valence-corrected chi connectivity index (χ1v) is 25.4. The van der Waals surface area contributed by atoms with E-state index in [1.54, 1.807) is 0 Å². The minimum atomic E-state index is -4.55. The Bertz CT molecular complexity index is 1290. The molecule has 9 heteroatoms. The van der Waals surface area contributed by atoms with Gasteiger partial charge in [-0.15, -0.1) is 0 Å². The summed E-state index contributed by atoms with van der Waals surface area (Å²) in [6, 6.07) is 0. The average Bonchev–Trinajstić information content (AvgIpc) is 3.22. The van der Waals surface area contributed by atoms with Gasteiger partial charge in [0.25, 0.3) is 7.82 Å². The molecular formula is C52H90NO7P. The summed E-state index contributed by atoms with van der Waals surface area (Å²) < 4.78 is 34.6. The van der Waals surface area contributed by atoms with Crippen LogP contribution in [0.25, 0.3) is 0 Å². The molecule has 0 aromatic carbocycles. The van der Waals surface area contributed by atoms with Gasteiger partial charge in [-0.2, -0.15) is 0 Å². The Morgan fingerprint density at radius 2 is 0.951 bits per heavy atom. The lowest BCUT2D eigenvalue weighted by atomic mass is 10.1. The Morgan fingerprint density at radius 3 is 1.44 bits per heavy atom. The normalized spacial score (nSPS) is 14.5. The molecule has 0 saturated heterocycles. The lowest BCUT2D eigenvalue weighted by Crippen LogP contribution is -2.37.